The lowest BCUT2D eigenvalue weighted by Crippen LogP contribution is -2.32. The summed E-state index contributed by atoms with van der Waals surface area (Å²) in [6.07, 6.45) is 1.54. The van der Waals surface area contributed by atoms with Gasteiger partial charge in [0.1, 0.15) is 0 Å². The maximum atomic E-state index is 9.10. The molecule has 0 atom stereocenters. The maximum absolute atomic E-state index is 9.10. The third-order valence-corrected chi connectivity index (χ3v) is 1.25. The summed E-state index contributed by atoms with van der Waals surface area (Å²) < 4.78 is 0. The second-order valence-electron chi connectivity index (χ2n) is 1.84. The molecular formula is C6H7N3OS. The Labute approximate surface area is 69.2 Å². The Bertz CT molecular complexity index is 251. The predicted molar refractivity (Wildman–Crippen MR) is 45.3 cm³/mol. The first kappa shape index (κ1) is 7.90. The number of hydrogen-bond acceptors (Lipinski definition) is 3. The van der Waals surface area contributed by atoms with Crippen LogP contribution in [0.1, 0.15) is 0 Å². The van der Waals surface area contributed by atoms with Gasteiger partial charge >= 0.3 is 0 Å². The number of anilines is 1. The molecule has 0 spiro atoms. The van der Waals surface area contributed by atoms with Crippen LogP contribution in [0.25, 0.3) is 0 Å². The van der Waals surface area contributed by atoms with Crippen LogP contribution in [-0.4, -0.2) is 15.3 Å². The zero-order chi connectivity index (χ0) is 8.27. The number of pyridine rings is 1. The average molecular weight is 169 g/mol. The topological polar surface area (TPSA) is 62.4 Å². The fraction of sp³-hybridized carbons (Fsp3) is 0. The summed E-state index contributed by atoms with van der Waals surface area (Å²) in [5, 5.41) is 9.63. The zero-order valence-corrected chi connectivity index (χ0v) is 6.45. The molecule has 5 heteroatoms. The second-order valence-corrected chi connectivity index (χ2v) is 2.26. The first-order chi connectivity index (χ1) is 5.22. The van der Waals surface area contributed by atoms with Crippen molar-refractivity contribution in [3.63, 3.8) is 0 Å². The third-order valence-electron chi connectivity index (χ3n) is 1.08. The van der Waals surface area contributed by atoms with Crippen LogP contribution < -0.4 is 10.8 Å². The number of hydrogen-bond donors (Lipinski definition) is 2. The molecule has 0 saturated heterocycles. The van der Waals surface area contributed by atoms with Gasteiger partial charge in [-0.1, -0.05) is 6.07 Å². The molecule has 0 aromatic carbocycles. The molecule has 0 fully saturated rings. The van der Waals surface area contributed by atoms with E-state index in [0.717, 1.165) is 0 Å². The van der Waals surface area contributed by atoms with Crippen molar-refractivity contribution < 1.29 is 5.21 Å². The summed E-state index contributed by atoms with van der Waals surface area (Å²) in [4.78, 5) is 3.81. The SMILES string of the molecule is NC(=S)N(O)c1ccccn1. The summed E-state index contributed by atoms with van der Waals surface area (Å²) in [5.74, 6) is 0.319. The quantitative estimate of drug-likeness (QED) is 0.474. The van der Waals surface area contributed by atoms with Crippen molar-refractivity contribution >= 4 is 23.1 Å². The highest BCUT2D eigenvalue weighted by Crippen LogP contribution is 2.04. The van der Waals surface area contributed by atoms with Crippen molar-refractivity contribution in [2.45, 2.75) is 0 Å². The highest BCUT2D eigenvalue weighted by Gasteiger charge is 2.04. The van der Waals surface area contributed by atoms with E-state index < -0.39 is 0 Å². The predicted octanol–water partition coefficient (Wildman–Crippen LogP) is 0.521. The Hall–Kier alpha value is -1.20. The summed E-state index contributed by atoms with van der Waals surface area (Å²) in [6.45, 7) is 0. The molecule has 0 amide bonds. The van der Waals surface area contributed by atoms with E-state index in [9.17, 15) is 0 Å². The summed E-state index contributed by atoms with van der Waals surface area (Å²) in [7, 11) is 0. The highest BCUT2D eigenvalue weighted by atomic mass is 32.1. The van der Waals surface area contributed by atoms with Crippen LogP contribution in [0.3, 0.4) is 0 Å². The summed E-state index contributed by atoms with van der Waals surface area (Å²) in [6, 6.07) is 5.06. The Morgan fingerprint density at radius 3 is 2.82 bits per heavy atom. The molecule has 4 nitrogen and oxygen atoms in total. The van der Waals surface area contributed by atoms with Crippen molar-refractivity contribution in [3.05, 3.63) is 24.4 Å². The van der Waals surface area contributed by atoms with Crippen LogP contribution in [0.15, 0.2) is 24.4 Å². The van der Waals surface area contributed by atoms with E-state index in [1.807, 2.05) is 0 Å². The third kappa shape index (κ3) is 1.86. The van der Waals surface area contributed by atoms with Crippen LogP contribution in [0.5, 0.6) is 0 Å². The average Bonchev–Trinajstić information content (AvgIpc) is 2.05. The molecule has 58 valence electrons. The Morgan fingerprint density at radius 2 is 2.36 bits per heavy atom. The minimum atomic E-state index is -0.122. The molecule has 0 unspecified atom stereocenters. The van der Waals surface area contributed by atoms with Crippen molar-refractivity contribution in [2.24, 2.45) is 5.73 Å². The van der Waals surface area contributed by atoms with Crippen LogP contribution in [0.2, 0.25) is 0 Å². The molecule has 1 aromatic rings. The first-order valence-electron chi connectivity index (χ1n) is 2.91. The molecular weight excluding hydrogens is 162 g/mol. The molecule has 11 heavy (non-hydrogen) atoms. The van der Waals surface area contributed by atoms with Crippen LogP contribution in [0, 0.1) is 0 Å². The monoisotopic (exact) mass is 169 g/mol. The van der Waals surface area contributed by atoms with Crippen LogP contribution in [0.4, 0.5) is 5.82 Å². The lowest BCUT2D eigenvalue weighted by molar-refractivity contribution is 0.310. The number of hydroxylamine groups is 1. The molecule has 0 aliphatic rings. The van der Waals surface area contributed by atoms with Gasteiger partial charge in [-0.15, -0.1) is 0 Å². The van der Waals surface area contributed by atoms with Gasteiger partial charge in [0.2, 0.25) is 0 Å². The second kappa shape index (κ2) is 3.27. The number of nitrogens with two attached hydrogens (primary N) is 1. The van der Waals surface area contributed by atoms with Gasteiger partial charge < -0.3 is 5.73 Å². The van der Waals surface area contributed by atoms with E-state index in [1.165, 1.54) is 6.20 Å². The minimum Gasteiger partial charge on any atom is -0.374 e. The molecule has 0 bridgehead atoms. The molecule has 0 aliphatic carbocycles. The van der Waals surface area contributed by atoms with Gasteiger partial charge in [-0.25, -0.2) is 4.98 Å². The van der Waals surface area contributed by atoms with E-state index in [2.05, 4.69) is 17.2 Å². The fourth-order valence-electron chi connectivity index (χ4n) is 0.592. The van der Waals surface area contributed by atoms with Crippen molar-refractivity contribution in [1.82, 2.24) is 4.98 Å². The Morgan fingerprint density at radius 1 is 1.64 bits per heavy atom. The lowest BCUT2D eigenvalue weighted by atomic mass is 10.5. The molecule has 0 aliphatic heterocycles. The molecule has 0 radical (unpaired) electrons. The van der Waals surface area contributed by atoms with Gasteiger partial charge in [-0.3, -0.25) is 5.21 Å². The van der Waals surface area contributed by atoms with Gasteiger partial charge in [0.15, 0.2) is 10.9 Å². The maximum Gasteiger partial charge on any atom is 0.197 e. The fourth-order valence-corrected chi connectivity index (χ4v) is 0.685. The van der Waals surface area contributed by atoms with Gasteiger partial charge in [-0.2, -0.15) is 5.06 Å². The lowest BCUT2D eigenvalue weighted by Gasteiger charge is -2.11. The van der Waals surface area contributed by atoms with Crippen LogP contribution in [-0.2, 0) is 0 Å². The largest absolute Gasteiger partial charge is 0.374 e. The molecule has 1 aromatic heterocycles. The van der Waals surface area contributed by atoms with E-state index in [0.29, 0.717) is 10.9 Å². The van der Waals surface area contributed by atoms with Gasteiger partial charge in [-0.05, 0) is 24.4 Å². The molecule has 0 saturated carbocycles. The zero-order valence-electron chi connectivity index (χ0n) is 5.64. The highest BCUT2D eigenvalue weighted by molar-refractivity contribution is 7.80. The van der Waals surface area contributed by atoms with Crippen molar-refractivity contribution in [2.75, 3.05) is 5.06 Å². The summed E-state index contributed by atoms with van der Waals surface area (Å²) in [5.41, 5.74) is 5.14. The van der Waals surface area contributed by atoms with E-state index in [-0.39, 0.29) is 5.11 Å². The number of rotatable bonds is 1. The Balaban J connectivity index is 2.85. The van der Waals surface area contributed by atoms with E-state index >= 15 is 0 Å². The molecule has 1 rings (SSSR count). The van der Waals surface area contributed by atoms with E-state index in [1.54, 1.807) is 18.2 Å². The van der Waals surface area contributed by atoms with Gasteiger partial charge in [0.25, 0.3) is 0 Å². The normalized spacial score (nSPS) is 9.18. The molecule has 1 heterocycles. The first-order valence-corrected chi connectivity index (χ1v) is 3.32. The Kier molecular flexibility index (Phi) is 2.35. The number of thiocarbonyl (C=S) groups is 1. The van der Waals surface area contributed by atoms with E-state index in [4.69, 9.17) is 10.9 Å². The number of nitrogens with zero attached hydrogens (tertiary/aromatic N) is 2. The van der Waals surface area contributed by atoms with Crippen molar-refractivity contribution in [3.8, 4) is 0 Å². The van der Waals surface area contributed by atoms with Gasteiger partial charge in [0.05, 0.1) is 0 Å². The van der Waals surface area contributed by atoms with Gasteiger partial charge in [0, 0.05) is 6.20 Å². The molecule has 3 N–H and O–H groups in total. The smallest absolute Gasteiger partial charge is 0.197 e. The minimum absolute atomic E-state index is 0.122. The summed E-state index contributed by atoms with van der Waals surface area (Å²) >= 11 is 4.51. The van der Waals surface area contributed by atoms with Crippen molar-refractivity contribution in [1.29, 1.82) is 0 Å². The van der Waals surface area contributed by atoms with Crippen LogP contribution >= 0.6 is 12.2 Å². The number of aromatic nitrogens is 1. The standard InChI is InChI=1S/C6H7N3OS/c7-6(11)9(10)5-3-1-2-4-8-5/h1-4,10H,(H2,7,11).